The summed E-state index contributed by atoms with van der Waals surface area (Å²) in [5.41, 5.74) is -0.0653. The highest BCUT2D eigenvalue weighted by molar-refractivity contribution is 5.79. The predicted molar refractivity (Wildman–Crippen MR) is 86.0 cm³/mol. The van der Waals surface area contributed by atoms with Gasteiger partial charge in [-0.1, -0.05) is 19.1 Å². The summed E-state index contributed by atoms with van der Waals surface area (Å²) in [5, 5.41) is 9.15. The number of nitrogens with zero attached hydrogens (tertiary/aromatic N) is 1. The molecule has 138 valence electrons. The lowest BCUT2D eigenvalue weighted by Gasteiger charge is -2.37. The number of aliphatic carboxylic acids is 1. The number of carbonyl (C=O) groups excluding carboxylic acids is 1. The van der Waals surface area contributed by atoms with Crippen LogP contribution in [-0.4, -0.2) is 34.5 Å². The maximum Gasteiger partial charge on any atom is 0.416 e. The van der Waals surface area contributed by atoms with Gasteiger partial charge in [0.25, 0.3) is 0 Å². The van der Waals surface area contributed by atoms with Crippen LogP contribution in [-0.2, 0) is 15.8 Å². The molecule has 1 heterocycles. The fourth-order valence-electron chi connectivity index (χ4n) is 3.15. The standard InChI is InChI=1S/C18H22F3NO3/c1-11(13-5-7-15(8-6-13)18(19,20)21)9-16(23)22-10-14(17(24)25)4-3-12(22)2/h5-8,11-12,14H,3-4,9-10H2,1-2H3,(H,24,25). The predicted octanol–water partition coefficient (Wildman–Crippen LogP) is 3.91. The molecule has 1 fully saturated rings. The quantitative estimate of drug-likeness (QED) is 0.889. The van der Waals surface area contributed by atoms with Crippen LogP contribution in [0.2, 0.25) is 0 Å². The Morgan fingerprint density at radius 1 is 1.24 bits per heavy atom. The van der Waals surface area contributed by atoms with Crippen LogP contribution in [0.25, 0.3) is 0 Å². The number of hydrogen-bond donors (Lipinski definition) is 1. The second-order valence-electron chi connectivity index (χ2n) is 6.73. The van der Waals surface area contributed by atoms with E-state index in [0.29, 0.717) is 18.4 Å². The fraction of sp³-hybridized carbons (Fsp3) is 0.556. The van der Waals surface area contributed by atoms with Gasteiger partial charge in [-0.25, -0.2) is 0 Å². The van der Waals surface area contributed by atoms with Crippen molar-refractivity contribution in [1.29, 1.82) is 0 Å². The zero-order valence-electron chi connectivity index (χ0n) is 14.2. The lowest BCUT2D eigenvalue weighted by Crippen LogP contribution is -2.47. The summed E-state index contributed by atoms with van der Waals surface area (Å²) in [6.45, 7) is 3.86. The van der Waals surface area contributed by atoms with Crippen molar-refractivity contribution < 1.29 is 27.9 Å². The van der Waals surface area contributed by atoms with Gasteiger partial charge in [-0.05, 0) is 43.4 Å². The smallest absolute Gasteiger partial charge is 0.416 e. The van der Waals surface area contributed by atoms with Crippen molar-refractivity contribution in [1.82, 2.24) is 4.90 Å². The summed E-state index contributed by atoms with van der Waals surface area (Å²) in [5.74, 6) is -1.86. The SMILES string of the molecule is CC(CC(=O)N1CC(C(=O)O)CCC1C)c1ccc(C(F)(F)F)cc1. The molecule has 1 aliphatic rings. The Morgan fingerprint density at radius 3 is 2.36 bits per heavy atom. The highest BCUT2D eigenvalue weighted by Gasteiger charge is 2.33. The summed E-state index contributed by atoms with van der Waals surface area (Å²) in [7, 11) is 0. The monoisotopic (exact) mass is 357 g/mol. The van der Waals surface area contributed by atoms with E-state index in [1.54, 1.807) is 11.8 Å². The molecule has 1 aromatic carbocycles. The van der Waals surface area contributed by atoms with Crippen molar-refractivity contribution in [3.8, 4) is 0 Å². The topological polar surface area (TPSA) is 57.6 Å². The molecule has 1 aliphatic heterocycles. The third-order valence-corrected chi connectivity index (χ3v) is 4.84. The van der Waals surface area contributed by atoms with E-state index in [1.807, 2.05) is 6.92 Å². The molecule has 0 saturated carbocycles. The number of carboxylic acid groups (broad SMARTS) is 1. The minimum absolute atomic E-state index is 0.0251. The molecule has 0 spiro atoms. The average Bonchev–Trinajstić information content (AvgIpc) is 2.54. The molecule has 2 rings (SSSR count). The molecule has 1 saturated heterocycles. The van der Waals surface area contributed by atoms with Gasteiger partial charge in [-0.3, -0.25) is 9.59 Å². The molecule has 3 atom stereocenters. The highest BCUT2D eigenvalue weighted by Crippen LogP contribution is 2.31. The summed E-state index contributed by atoms with van der Waals surface area (Å²) in [6.07, 6.45) is -3.05. The second-order valence-corrected chi connectivity index (χ2v) is 6.73. The van der Waals surface area contributed by atoms with Crippen LogP contribution in [0.15, 0.2) is 24.3 Å². The Hall–Kier alpha value is -2.05. The molecule has 1 aromatic rings. The minimum atomic E-state index is -4.38. The summed E-state index contributed by atoms with van der Waals surface area (Å²) in [6, 6.07) is 4.78. The van der Waals surface area contributed by atoms with Gasteiger partial charge in [0, 0.05) is 19.0 Å². The number of benzene rings is 1. The molecule has 0 bridgehead atoms. The molecule has 4 nitrogen and oxygen atoms in total. The average molecular weight is 357 g/mol. The lowest BCUT2D eigenvalue weighted by molar-refractivity contribution is -0.147. The number of piperidine rings is 1. The van der Waals surface area contributed by atoms with E-state index in [2.05, 4.69) is 0 Å². The van der Waals surface area contributed by atoms with Gasteiger partial charge in [0.2, 0.25) is 5.91 Å². The zero-order chi connectivity index (χ0) is 18.8. The van der Waals surface area contributed by atoms with Crippen molar-refractivity contribution in [3.63, 3.8) is 0 Å². The van der Waals surface area contributed by atoms with Crippen molar-refractivity contribution in [2.24, 2.45) is 5.92 Å². The highest BCUT2D eigenvalue weighted by atomic mass is 19.4. The van der Waals surface area contributed by atoms with E-state index in [9.17, 15) is 22.8 Å². The Balaban J connectivity index is 2.02. The number of carboxylic acids is 1. The van der Waals surface area contributed by atoms with E-state index in [0.717, 1.165) is 12.1 Å². The molecule has 7 heteroatoms. The fourth-order valence-corrected chi connectivity index (χ4v) is 3.15. The van der Waals surface area contributed by atoms with Crippen LogP contribution in [0.4, 0.5) is 13.2 Å². The normalized spacial score (nSPS) is 22.5. The van der Waals surface area contributed by atoms with Gasteiger partial charge in [-0.15, -0.1) is 0 Å². The first-order chi connectivity index (χ1) is 11.6. The second kappa shape index (κ2) is 7.45. The first-order valence-corrected chi connectivity index (χ1v) is 8.29. The summed E-state index contributed by atoms with van der Waals surface area (Å²) in [4.78, 5) is 25.3. The number of halogens is 3. The first-order valence-electron chi connectivity index (χ1n) is 8.29. The Labute approximate surface area is 144 Å². The Kier molecular flexibility index (Phi) is 5.75. The number of rotatable bonds is 4. The number of hydrogen-bond acceptors (Lipinski definition) is 2. The molecule has 0 aromatic heterocycles. The Morgan fingerprint density at radius 2 is 1.84 bits per heavy atom. The van der Waals surface area contributed by atoms with Gasteiger partial charge in [0.05, 0.1) is 11.5 Å². The van der Waals surface area contributed by atoms with Gasteiger partial charge >= 0.3 is 12.1 Å². The molecule has 1 N–H and O–H groups in total. The third kappa shape index (κ3) is 4.74. The molecule has 25 heavy (non-hydrogen) atoms. The van der Waals surface area contributed by atoms with E-state index in [1.165, 1.54) is 12.1 Å². The largest absolute Gasteiger partial charge is 0.481 e. The van der Waals surface area contributed by atoms with Crippen molar-refractivity contribution in [2.75, 3.05) is 6.54 Å². The molecule has 3 unspecified atom stereocenters. The van der Waals surface area contributed by atoms with Crippen LogP contribution in [0.3, 0.4) is 0 Å². The van der Waals surface area contributed by atoms with Gasteiger partial charge in [0.15, 0.2) is 0 Å². The number of alkyl halides is 3. The Bertz CT molecular complexity index is 627. The maximum absolute atomic E-state index is 12.6. The van der Waals surface area contributed by atoms with Crippen LogP contribution in [0.1, 0.15) is 50.2 Å². The van der Waals surface area contributed by atoms with Gasteiger partial charge in [-0.2, -0.15) is 13.2 Å². The molecule has 1 amide bonds. The van der Waals surface area contributed by atoms with Crippen molar-refractivity contribution >= 4 is 11.9 Å². The summed E-state index contributed by atoms with van der Waals surface area (Å²) < 4.78 is 37.8. The van der Waals surface area contributed by atoms with Crippen molar-refractivity contribution in [3.05, 3.63) is 35.4 Å². The zero-order valence-corrected chi connectivity index (χ0v) is 14.2. The van der Waals surface area contributed by atoms with Crippen LogP contribution < -0.4 is 0 Å². The van der Waals surface area contributed by atoms with Gasteiger partial charge in [0.1, 0.15) is 0 Å². The van der Waals surface area contributed by atoms with E-state index >= 15 is 0 Å². The maximum atomic E-state index is 12.6. The van der Waals surface area contributed by atoms with Crippen LogP contribution in [0.5, 0.6) is 0 Å². The van der Waals surface area contributed by atoms with Gasteiger partial charge < -0.3 is 10.0 Å². The van der Waals surface area contributed by atoms with E-state index in [-0.39, 0.29) is 30.8 Å². The molecular weight excluding hydrogens is 335 g/mol. The van der Waals surface area contributed by atoms with E-state index < -0.39 is 23.6 Å². The molecule has 0 aliphatic carbocycles. The van der Waals surface area contributed by atoms with Crippen LogP contribution >= 0.6 is 0 Å². The minimum Gasteiger partial charge on any atom is -0.481 e. The number of amides is 1. The summed E-state index contributed by atoms with van der Waals surface area (Å²) >= 11 is 0. The van der Waals surface area contributed by atoms with E-state index in [4.69, 9.17) is 5.11 Å². The first kappa shape index (κ1) is 19.3. The third-order valence-electron chi connectivity index (χ3n) is 4.84. The lowest BCUT2D eigenvalue weighted by atomic mass is 9.91. The van der Waals surface area contributed by atoms with Crippen molar-refractivity contribution in [2.45, 2.75) is 51.2 Å². The number of likely N-dealkylation sites (tertiary alicyclic amines) is 1. The molecular formula is C18H22F3NO3. The number of carbonyl (C=O) groups is 2. The molecule has 0 radical (unpaired) electrons. The van der Waals surface area contributed by atoms with Crippen LogP contribution in [0, 0.1) is 5.92 Å².